The maximum atomic E-state index is 5.31. The number of aliphatic imine (C=N–C) groups is 1. The fourth-order valence-corrected chi connectivity index (χ4v) is 3.61. The zero-order chi connectivity index (χ0) is 19.6. The van der Waals surface area contributed by atoms with Gasteiger partial charge in [-0.15, -0.1) is 24.0 Å². The summed E-state index contributed by atoms with van der Waals surface area (Å²) in [5.74, 6) is 1.72. The maximum Gasteiger partial charge on any atom is 0.191 e. The van der Waals surface area contributed by atoms with E-state index in [4.69, 9.17) is 4.74 Å². The Kier molecular flexibility index (Phi) is 10.2. The highest BCUT2D eigenvalue weighted by atomic mass is 127. The topological polar surface area (TPSA) is 61.8 Å². The lowest BCUT2D eigenvalue weighted by atomic mass is 10.1. The predicted octanol–water partition coefficient (Wildman–Crippen LogP) is 3.25. The van der Waals surface area contributed by atoms with Crippen LogP contribution in [0.2, 0.25) is 0 Å². The Morgan fingerprint density at radius 1 is 1.14 bits per heavy atom. The van der Waals surface area contributed by atoms with E-state index in [-0.39, 0.29) is 24.0 Å². The fourth-order valence-electron chi connectivity index (χ4n) is 3.61. The summed E-state index contributed by atoms with van der Waals surface area (Å²) in [5, 5.41) is 6.90. The second kappa shape index (κ2) is 12.6. The van der Waals surface area contributed by atoms with Crippen LogP contribution in [0, 0.1) is 0 Å². The molecule has 1 aromatic carbocycles. The summed E-state index contributed by atoms with van der Waals surface area (Å²) in [6.45, 7) is 3.90. The number of hydrogen-bond donors (Lipinski definition) is 2. The minimum absolute atomic E-state index is 0. The zero-order valence-corrected chi connectivity index (χ0v) is 19.6. The number of nitrogens with zero attached hydrogens (tertiary/aromatic N) is 3. The lowest BCUT2D eigenvalue weighted by Crippen LogP contribution is -2.43. The van der Waals surface area contributed by atoms with Crippen LogP contribution in [0.1, 0.15) is 30.1 Å². The Balaban J connectivity index is 0.00000300. The first-order valence-corrected chi connectivity index (χ1v) is 10.0. The number of halogens is 1. The lowest BCUT2D eigenvalue weighted by molar-refractivity contribution is 0.245. The van der Waals surface area contributed by atoms with Gasteiger partial charge in [-0.2, -0.15) is 0 Å². The Labute approximate surface area is 191 Å². The highest BCUT2D eigenvalue weighted by Gasteiger charge is 2.23. The van der Waals surface area contributed by atoms with Crippen molar-refractivity contribution in [3.05, 3.63) is 59.9 Å². The zero-order valence-electron chi connectivity index (χ0n) is 17.3. The second-order valence-corrected chi connectivity index (χ2v) is 6.98. The van der Waals surface area contributed by atoms with Gasteiger partial charge in [0, 0.05) is 38.4 Å². The molecule has 7 heteroatoms. The number of nitrogens with one attached hydrogen (secondary N) is 2. The molecule has 2 N–H and O–H groups in total. The van der Waals surface area contributed by atoms with Crippen molar-refractivity contribution in [1.29, 1.82) is 0 Å². The number of pyridine rings is 1. The molecular weight excluding hydrogens is 477 g/mol. The number of rotatable bonds is 8. The summed E-state index contributed by atoms with van der Waals surface area (Å²) in [7, 11) is 3.52. The third-order valence-electron chi connectivity index (χ3n) is 5.17. The summed E-state index contributed by atoms with van der Waals surface area (Å²) >= 11 is 0. The number of methoxy groups -OCH3 is 1. The summed E-state index contributed by atoms with van der Waals surface area (Å²) in [6.07, 6.45) is 5.24. The molecule has 29 heavy (non-hydrogen) atoms. The van der Waals surface area contributed by atoms with Crippen LogP contribution in [-0.2, 0) is 6.42 Å². The Morgan fingerprint density at radius 2 is 1.90 bits per heavy atom. The molecule has 2 heterocycles. The Hall–Kier alpha value is -1.87. The number of ether oxygens (including phenoxy) is 1. The van der Waals surface area contributed by atoms with E-state index in [0.29, 0.717) is 6.04 Å². The van der Waals surface area contributed by atoms with E-state index in [1.54, 1.807) is 7.11 Å². The largest absolute Gasteiger partial charge is 0.497 e. The summed E-state index contributed by atoms with van der Waals surface area (Å²) in [6, 6.07) is 14.7. The normalized spacial score (nSPS) is 15.4. The highest BCUT2D eigenvalue weighted by molar-refractivity contribution is 14.0. The van der Waals surface area contributed by atoms with Gasteiger partial charge in [0.05, 0.1) is 13.2 Å². The van der Waals surface area contributed by atoms with Crippen LogP contribution in [0.3, 0.4) is 0 Å². The van der Waals surface area contributed by atoms with Gasteiger partial charge in [0.15, 0.2) is 5.96 Å². The van der Waals surface area contributed by atoms with E-state index in [1.165, 1.54) is 18.4 Å². The van der Waals surface area contributed by atoms with Gasteiger partial charge >= 0.3 is 0 Å². The molecule has 1 saturated heterocycles. The van der Waals surface area contributed by atoms with E-state index in [0.717, 1.165) is 50.0 Å². The van der Waals surface area contributed by atoms with Crippen molar-refractivity contribution in [3.8, 4) is 5.75 Å². The minimum Gasteiger partial charge on any atom is -0.497 e. The molecule has 1 aliphatic rings. The van der Waals surface area contributed by atoms with Crippen molar-refractivity contribution in [2.75, 3.05) is 40.3 Å². The molecule has 1 fully saturated rings. The molecule has 158 valence electrons. The molecule has 0 saturated carbocycles. The van der Waals surface area contributed by atoms with Gasteiger partial charge in [-0.25, -0.2) is 0 Å². The SMILES string of the molecule is CN=C(NCCc1ccccn1)NCC(c1ccc(OC)cc1)N1CCCC1.I. The monoisotopic (exact) mass is 509 g/mol. The summed E-state index contributed by atoms with van der Waals surface area (Å²) in [5.41, 5.74) is 2.39. The predicted molar refractivity (Wildman–Crippen MR) is 129 cm³/mol. The van der Waals surface area contributed by atoms with Gasteiger partial charge in [-0.05, 0) is 55.8 Å². The van der Waals surface area contributed by atoms with Crippen LogP contribution in [0.5, 0.6) is 5.75 Å². The third kappa shape index (κ3) is 7.15. The Bertz CT molecular complexity index is 733. The summed E-state index contributed by atoms with van der Waals surface area (Å²) in [4.78, 5) is 11.3. The van der Waals surface area contributed by atoms with Crippen molar-refractivity contribution in [3.63, 3.8) is 0 Å². The molecule has 0 bridgehead atoms. The number of benzene rings is 1. The van der Waals surface area contributed by atoms with E-state index in [9.17, 15) is 0 Å². The first-order valence-electron chi connectivity index (χ1n) is 10.0. The van der Waals surface area contributed by atoms with Crippen molar-refractivity contribution in [2.24, 2.45) is 4.99 Å². The molecule has 0 radical (unpaired) electrons. The van der Waals surface area contributed by atoms with Gasteiger partial charge in [-0.1, -0.05) is 18.2 Å². The number of guanidine groups is 1. The van der Waals surface area contributed by atoms with Gasteiger partial charge in [0.1, 0.15) is 5.75 Å². The third-order valence-corrected chi connectivity index (χ3v) is 5.17. The lowest BCUT2D eigenvalue weighted by Gasteiger charge is -2.29. The van der Waals surface area contributed by atoms with Crippen LogP contribution in [0.4, 0.5) is 0 Å². The van der Waals surface area contributed by atoms with E-state index in [2.05, 4.69) is 37.6 Å². The summed E-state index contributed by atoms with van der Waals surface area (Å²) < 4.78 is 5.31. The molecule has 6 nitrogen and oxygen atoms in total. The van der Waals surface area contributed by atoms with Crippen molar-refractivity contribution in [2.45, 2.75) is 25.3 Å². The van der Waals surface area contributed by atoms with E-state index in [1.807, 2.05) is 43.6 Å². The van der Waals surface area contributed by atoms with Gasteiger partial charge < -0.3 is 15.4 Å². The average molecular weight is 509 g/mol. The molecule has 1 unspecified atom stereocenters. The van der Waals surface area contributed by atoms with Gasteiger partial charge in [0.2, 0.25) is 0 Å². The maximum absolute atomic E-state index is 5.31. The highest BCUT2D eigenvalue weighted by Crippen LogP contribution is 2.26. The van der Waals surface area contributed by atoms with Crippen molar-refractivity contribution >= 4 is 29.9 Å². The number of aromatic nitrogens is 1. The van der Waals surface area contributed by atoms with Crippen LogP contribution >= 0.6 is 24.0 Å². The quantitative estimate of drug-likeness (QED) is 0.325. The molecule has 3 rings (SSSR count). The molecule has 2 aromatic rings. The molecule has 0 aliphatic carbocycles. The standard InChI is InChI=1S/C22H31N5O.HI/c1-23-22(25-14-12-19-7-3-4-13-24-19)26-17-21(27-15-5-6-16-27)18-8-10-20(28-2)11-9-18;/h3-4,7-11,13,21H,5-6,12,14-17H2,1-2H3,(H2,23,25,26);1H. The molecule has 0 spiro atoms. The van der Waals surface area contributed by atoms with E-state index >= 15 is 0 Å². The number of hydrogen-bond acceptors (Lipinski definition) is 4. The average Bonchev–Trinajstić information content (AvgIpc) is 3.28. The van der Waals surface area contributed by atoms with Crippen LogP contribution < -0.4 is 15.4 Å². The molecule has 1 atom stereocenters. The fraction of sp³-hybridized carbons (Fsp3) is 0.455. The van der Waals surface area contributed by atoms with Crippen molar-refractivity contribution < 1.29 is 4.74 Å². The van der Waals surface area contributed by atoms with Crippen LogP contribution in [0.15, 0.2) is 53.7 Å². The van der Waals surface area contributed by atoms with Crippen LogP contribution in [0.25, 0.3) is 0 Å². The van der Waals surface area contributed by atoms with Crippen LogP contribution in [-0.4, -0.2) is 56.2 Å². The molecule has 1 aliphatic heterocycles. The molecular formula is C22H32IN5O. The van der Waals surface area contributed by atoms with E-state index < -0.39 is 0 Å². The first kappa shape index (κ1) is 23.4. The van der Waals surface area contributed by atoms with Gasteiger partial charge in [-0.3, -0.25) is 14.9 Å². The van der Waals surface area contributed by atoms with Gasteiger partial charge in [0.25, 0.3) is 0 Å². The molecule has 0 amide bonds. The minimum atomic E-state index is 0. The smallest absolute Gasteiger partial charge is 0.191 e. The Morgan fingerprint density at radius 3 is 2.52 bits per heavy atom. The van der Waals surface area contributed by atoms with Crippen molar-refractivity contribution in [1.82, 2.24) is 20.5 Å². The first-order chi connectivity index (χ1) is 13.8. The second-order valence-electron chi connectivity index (χ2n) is 6.98. The molecule has 1 aromatic heterocycles. The number of likely N-dealkylation sites (tertiary alicyclic amines) is 1.